The van der Waals surface area contributed by atoms with E-state index in [1.165, 1.54) is 12.1 Å². The fraction of sp³-hybridized carbons (Fsp3) is 0.333. The molecule has 2 aromatic rings. The van der Waals surface area contributed by atoms with Crippen LogP contribution in [0.2, 0.25) is 0 Å². The molecule has 0 unspecified atom stereocenters. The van der Waals surface area contributed by atoms with Crippen molar-refractivity contribution in [1.82, 2.24) is 9.46 Å². The zero-order valence-electron chi connectivity index (χ0n) is 13.5. The van der Waals surface area contributed by atoms with Gasteiger partial charge in [-0.1, -0.05) is 21.1 Å². The van der Waals surface area contributed by atoms with Crippen LogP contribution < -0.4 is 5.32 Å². The minimum absolute atomic E-state index is 0.129. The van der Waals surface area contributed by atoms with E-state index in [1.807, 2.05) is 0 Å². The van der Waals surface area contributed by atoms with Crippen LogP contribution in [0.25, 0.3) is 0 Å². The number of halogens is 1. The van der Waals surface area contributed by atoms with Crippen LogP contribution in [-0.2, 0) is 14.8 Å². The van der Waals surface area contributed by atoms with E-state index in [0.717, 1.165) is 8.78 Å². The van der Waals surface area contributed by atoms with E-state index < -0.39 is 15.9 Å². The number of anilines is 1. The number of aryl methyl sites for hydroxylation is 1. The first-order chi connectivity index (χ1) is 11.2. The number of hydrogen-bond acceptors (Lipinski definition) is 5. The van der Waals surface area contributed by atoms with Crippen molar-refractivity contribution >= 4 is 37.7 Å². The summed E-state index contributed by atoms with van der Waals surface area (Å²) in [7, 11) is -3.79. The van der Waals surface area contributed by atoms with Gasteiger partial charge in [-0.2, -0.15) is 4.31 Å². The molecule has 1 N–H and O–H groups in total. The van der Waals surface area contributed by atoms with E-state index >= 15 is 0 Å². The SMILES string of the molecule is Cc1cc(NC(=O)CN(C(C)C)S(=O)(=O)c2ccc(Br)cc2)no1. The van der Waals surface area contributed by atoms with Crippen molar-refractivity contribution in [3.05, 3.63) is 40.6 Å². The van der Waals surface area contributed by atoms with Crippen LogP contribution in [0.15, 0.2) is 44.2 Å². The maximum absolute atomic E-state index is 12.8. The Hall–Kier alpha value is -1.71. The van der Waals surface area contributed by atoms with Gasteiger partial charge in [0.25, 0.3) is 0 Å². The number of benzene rings is 1. The molecule has 9 heteroatoms. The van der Waals surface area contributed by atoms with Crippen LogP contribution in [0.1, 0.15) is 19.6 Å². The van der Waals surface area contributed by atoms with Crippen LogP contribution in [0, 0.1) is 6.92 Å². The summed E-state index contributed by atoms with van der Waals surface area (Å²) in [5.74, 6) is 0.313. The highest BCUT2D eigenvalue weighted by Crippen LogP contribution is 2.20. The Morgan fingerprint density at radius 3 is 2.46 bits per heavy atom. The largest absolute Gasteiger partial charge is 0.360 e. The number of hydrogen-bond donors (Lipinski definition) is 1. The van der Waals surface area contributed by atoms with Crippen LogP contribution in [-0.4, -0.2) is 36.4 Å². The third-order valence-corrected chi connectivity index (χ3v) is 5.76. The fourth-order valence-corrected chi connectivity index (χ4v) is 3.89. The number of rotatable bonds is 6. The molecular weight excluding hydrogens is 398 g/mol. The maximum atomic E-state index is 12.8. The van der Waals surface area contributed by atoms with Crippen LogP contribution in [0.4, 0.5) is 5.82 Å². The molecule has 24 heavy (non-hydrogen) atoms. The lowest BCUT2D eigenvalue weighted by molar-refractivity contribution is -0.116. The Balaban J connectivity index is 2.19. The molecule has 1 aromatic carbocycles. The quantitative estimate of drug-likeness (QED) is 0.782. The Labute approximate surface area is 149 Å². The second-order valence-electron chi connectivity index (χ2n) is 5.47. The van der Waals surface area contributed by atoms with Gasteiger partial charge in [0.05, 0.1) is 11.4 Å². The van der Waals surface area contributed by atoms with Gasteiger partial charge in [0, 0.05) is 16.6 Å². The highest BCUT2D eigenvalue weighted by atomic mass is 79.9. The molecule has 0 aliphatic carbocycles. The van der Waals surface area contributed by atoms with Crippen molar-refractivity contribution < 1.29 is 17.7 Å². The molecule has 1 amide bonds. The van der Waals surface area contributed by atoms with Gasteiger partial charge in [0.2, 0.25) is 15.9 Å². The summed E-state index contributed by atoms with van der Waals surface area (Å²) in [6.45, 7) is 4.80. The van der Waals surface area contributed by atoms with Gasteiger partial charge in [-0.3, -0.25) is 4.79 Å². The molecule has 130 valence electrons. The minimum atomic E-state index is -3.79. The topological polar surface area (TPSA) is 92.5 Å². The summed E-state index contributed by atoms with van der Waals surface area (Å²) in [6.07, 6.45) is 0. The van der Waals surface area contributed by atoms with Crippen molar-refractivity contribution in [2.45, 2.75) is 31.7 Å². The molecule has 0 aliphatic rings. The predicted molar refractivity (Wildman–Crippen MR) is 93.0 cm³/mol. The molecule has 0 fully saturated rings. The Morgan fingerprint density at radius 1 is 1.33 bits per heavy atom. The second-order valence-corrected chi connectivity index (χ2v) is 8.28. The number of nitrogens with zero attached hydrogens (tertiary/aromatic N) is 2. The lowest BCUT2D eigenvalue weighted by atomic mass is 10.4. The number of amides is 1. The summed E-state index contributed by atoms with van der Waals surface area (Å²) in [6, 6.07) is 7.44. The molecule has 0 saturated carbocycles. The average Bonchev–Trinajstić information content (AvgIpc) is 2.90. The first-order valence-electron chi connectivity index (χ1n) is 7.20. The third kappa shape index (κ3) is 4.43. The van der Waals surface area contributed by atoms with E-state index in [-0.39, 0.29) is 23.3 Å². The fourth-order valence-electron chi connectivity index (χ4n) is 2.04. The van der Waals surface area contributed by atoms with Crippen molar-refractivity contribution in [2.24, 2.45) is 0 Å². The number of carbonyl (C=O) groups is 1. The minimum Gasteiger partial charge on any atom is -0.360 e. The number of sulfonamides is 1. The zero-order chi connectivity index (χ0) is 17.9. The van der Waals surface area contributed by atoms with Gasteiger partial charge in [-0.05, 0) is 45.0 Å². The van der Waals surface area contributed by atoms with Gasteiger partial charge in [-0.25, -0.2) is 8.42 Å². The first kappa shape index (κ1) is 18.6. The molecule has 0 bridgehead atoms. The lowest BCUT2D eigenvalue weighted by Crippen LogP contribution is -2.42. The van der Waals surface area contributed by atoms with E-state index in [0.29, 0.717) is 5.76 Å². The molecule has 1 aromatic heterocycles. The molecule has 0 aliphatic heterocycles. The average molecular weight is 416 g/mol. The number of carbonyl (C=O) groups excluding carboxylic acids is 1. The summed E-state index contributed by atoms with van der Waals surface area (Å²) in [4.78, 5) is 12.3. The van der Waals surface area contributed by atoms with Crippen molar-refractivity contribution in [3.8, 4) is 0 Å². The Bertz CT molecular complexity index is 815. The van der Waals surface area contributed by atoms with Crippen molar-refractivity contribution in [2.75, 3.05) is 11.9 Å². The highest BCUT2D eigenvalue weighted by Gasteiger charge is 2.29. The van der Waals surface area contributed by atoms with Crippen molar-refractivity contribution in [1.29, 1.82) is 0 Å². The Morgan fingerprint density at radius 2 is 1.96 bits per heavy atom. The van der Waals surface area contributed by atoms with Crippen LogP contribution in [0.3, 0.4) is 0 Å². The molecule has 2 rings (SSSR count). The van der Waals surface area contributed by atoms with Crippen molar-refractivity contribution in [3.63, 3.8) is 0 Å². The molecular formula is C15H18BrN3O4S. The zero-order valence-corrected chi connectivity index (χ0v) is 15.9. The van der Waals surface area contributed by atoms with Gasteiger partial charge < -0.3 is 9.84 Å². The van der Waals surface area contributed by atoms with Gasteiger partial charge >= 0.3 is 0 Å². The standard InChI is InChI=1S/C15H18BrN3O4S/c1-10(2)19(9-15(20)17-14-8-11(3)23-18-14)24(21,22)13-6-4-12(16)5-7-13/h4-8,10H,9H2,1-3H3,(H,17,18,20). The van der Waals surface area contributed by atoms with Gasteiger partial charge in [0.15, 0.2) is 5.82 Å². The highest BCUT2D eigenvalue weighted by molar-refractivity contribution is 9.10. The Kier molecular flexibility index (Phi) is 5.79. The van der Waals surface area contributed by atoms with E-state index in [2.05, 4.69) is 26.4 Å². The lowest BCUT2D eigenvalue weighted by Gasteiger charge is -2.25. The smallest absolute Gasteiger partial charge is 0.243 e. The summed E-state index contributed by atoms with van der Waals surface area (Å²) in [5.41, 5.74) is 0. The van der Waals surface area contributed by atoms with Crippen LogP contribution in [0.5, 0.6) is 0 Å². The maximum Gasteiger partial charge on any atom is 0.243 e. The second kappa shape index (κ2) is 7.45. The molecule has 0 atom stereocenters. The van der Waals surface area contributed by atoms with Gasteiger partial charge in [-0.15, -0.1) is 0 Å². The number of nitrogens with one attached hydrogen (secondary N) is 1. The van der Waals surface area contributed by atoms with Gasteiger partial charge in [0.1, 0.15) is 5.76 Å². The molecule has 0 saturated heterocycles. The van der Waals surface area contributed by atoms with E-state index in [9.17, 15) is 13.2 Å². The third-order valence-electron chi connectivity index (χ3n) is 3.19. The van der Waals surface area contributed by atoms with Crippen LogP contribution >= 0.6 is 15.9 Å². The molecule has 0 radical (unpaired) electrons. The summed E-state index contributed by atoms with van der Waals surface area (Å²) < 4.78 is 32.3. The first-order valence-corrected chi connectivity index (χ1v) is 9.44. The number of aromatic nitrogens is 1. The van der Waals surface area contributed by atoms with E-state index in [4.69, 9.17) is 4.52 Å². The van der Waals surface area contributed by atoms with E-state index in [1.54, 1.807) is 39.0 Å². The monoisotopic (exact) mass is 415 g/mol. The molecule has 1 heterocycles. The summed E-state index contributed by atoms with van der Waals surface area (Å²) >= 11 is 3.27. The summed E-state index contributed by atoms with van der Waals surface area (Å²) in [5, 5.41) is 6.18. The molecule has 7 nitrogen and oxygen atoms in total. The predicted octanol–water partition coefficient (Wildman–Crippen LogP) is 2.78. The molecule has 0 spiro atoms. The normalized spacial score (nSPS) is 11.9.